The Morgan fingerprint density at radius 2 is 1.71 bits per heavy atom. The van der Waals surface area contributed by atoms with Gasteiger partial charge in [-0.15, -0.1) is 0 Å². The molecule has 0 aliphatic carbocycles. The molecule has 0 aliphatic rings. The predicted molar refractivity (Wildman–Crippen MR) is 128 cm³/mol. The molecule has 0 saturated heterocycles. The van der Waals surface area contributed by atoms with Crippen LogP contribution in [0, 0.1) is 0 Å². The van der Waals surface area contributed by atoms with E-state index in [9.17, 15) is 13.2 Å². The maximum absolute atomic E-state index is 12.7. The summed E-state index contributed by atoms with van der Waals surface area (Å²) in [6.07, 6.45) is 2.28. The maximum Gasteiger partial charge on any atom is 0.262 e. The smallest absolute Gasteiger partial charge is 0.262 e. The second-order valence-electron chi connectivity index (χ2n) is 7.42. The van der Waals surface area contributed by atoms with Gasteiger partial charge in [0.15, 0.2) is 11.5 Å². The first-order valence-corrected chi connectivity index (χ1v) is 12.0. The molecule has 3 aromatic rings. The lowest BCUT2D eigenvalue weighted by atomic mass is 10.2. The number of hydrogen-bond donors (Lipinski definition) is 2. The quantitative estimate of drug-likeness (QED) is 0.442. The van der Waals surface area contributed by atoms with Crippen molar-refractivity contribution in [1.29, 1.82) is 0 Å². The van der Waals surface area contributed by atoms with E-state index < -0.39 is 10.0 Å². The second kappa shape index (κ2) is 10.9. The molecular formula is C24H27N3O6S. The van der Waals surface area contributed by atoms with E-state index in [-0.39, 0.29) is 16.8 Å². The van der Waals surface area contributed by atoms with Crippen LogP contribution in [0.25, 0.3) is 0 Å². The number of rotatable bonds is 10. The molecule has 0 radical (unpaired) electrons. The summed E-state index contributed by atoms with van der Waals surface area (Å²) in [5.74, 6) is 1.31. The van der Waals surface area contributed by atoms with Gasteiger partial charge in [-0.2, -0.15) is 0 Å². The number of sulfonamides is 1. The van der Waals surface area contributed by atoms with Crippen LogP contribution in [0.4, 0.5) is 5.69 Å². The van der Waals surface area contributed by atoms with Crippen molar-refractivity contribution in [2.45, 2.75) is 31.2 Å². The lowest BCUT2D eigenvalue weighted by molar-refractivity contribution is 0.0939. The Hall–Kier alpha value is -3.79. The molecule has 0 aliphatic heterocycles. The molecular weight excluding hydrogens is 458 g/mol. The third-order valence-corrected chi connectivity index (χ3v) is 6.36. The van der Waals surface area contributed by atoms with E-state index in [2.05, 4.69) is 15.0 Å². The van der Waals surface area contributed by atoms with E-state index in [1.165, 1.54) is 38.6 Å². The highest BCUT2D eigenvalue weighted by atomic mass is 32.2. The Kier molecular flexibility index (Phi) is 7.95. The van der Waals surface area contributed by atoms with Gasteiger partial charge in [-0.1, -0.05) is 6.92 Å². The van der Waals surface area contributed by atoms with Crippen molar-refractivity contribution in [2.75, 3.05) is 18.9 Å². The first-order chi connectivity index (χ1) is 16.2. The molecule has 2 N–H and O–H groups in total. The van der Waals surface area contributed by atoms with Crippen LogP contribution in [0.1, 0.15) is 30.6 Å². The second-order valence-corrected chi connectivity index (χ2v) is 9.10. The predicted octanol–water partition coefficient (Wildman–Crippen LogP) is 4.22. The normalized spacial score (nSPS) is 11.9. The van der Waals surface area contributed by atoms with Crippen LogP contribution in [-0.2, 0) is 10.0 Å². The molecule has 3 rings (SSSR count). The highest BCUT2D eigenvalue weighted by Gasteiger charge is 2.17. The number of nitrogens with one attached hydrogen (secondary N) is 2. The summed E-state index contributed by atoms with van der Waals surface area (Å²) in [7, 11) is -0.933. The van der Waals surface area contributed by atoms with Gasteiger partial charge in [0.25, 0.3) is 15.9 Å². The maximum atomic E-state index is 12.7. The van der Waals surface area contributed by atoms with Crippen molar-refractivity contribution < 1.29 is 27.4 Å². The van der Waals surface area contributed by atoms with Gasteiger partial charge in [0.2, 0.25) is 5.88 Å². The lowest BCUT2D eigenvalue weighted by Gasteiger charge is -2.12. The van der Waals surface area contributed by atoms with Gasteiger partial charge >= 0.3 is 0 Å². The first kappa shape index (κ1) is 24.8. The van der Waals surface area contributed by atoms with Crippen LogP contribution >= 0.6 is 0 Å². The minimum Gasteiger partial charge on any atom is -0.493 e. The fourth-order valence-electron chi connectivity index (χ4n) is 2.89. The monoisotopic (exact) mass is 485 g/mol. The molecule has 10 heteroatoms. The van der Waals surface area contributed by atoms with Crippen LogP contribution in [0.5, 0.6) is 23.1 Å². The molecule has 1 atom stereocenters. The third-order valence-electron chi connectivity index (χ3n) is 4.98. The number of carbonyl (C=O) groups excluding carboxylic acids is 1. The number of aromatic nitrogens is 1. The van der Waals surface area contributed by atoms with E-state index in [0.717, 1.165) is 6.42 Å². The Labute approximate surface area is 199 Å². The lowest BCUT2D eigenvalue weighted by Crippen LogP contribution is -2.31. The summed E-state index contributed by atoms with van der Waals surface area (Å²) in [4.78, 5) is 16.3. The van der Waals surface area contributed by atoms with Gasteiger partial charge in [0.05, 0.1) is 24.7 Å². The fraction of sp³-hybridized carbons (Fsp3) is 0.250. The van der Waals surface area contributed by atoms with E-state index in [1.54, 1.807) is 36.4 Å². The largest absolute Gasteiger partial charge is 0.493 e. The number of amides is 1. The van der Waals surface area contributed by atoms with Gasteiger partial charge in [-0.25, -0.2) is 13.4 Å². The first-order valence-electron chi connectivity index (χ1n) is 10.6. The molecule has 180 valence electrons. The zero-order chi connectivity index (χ0) is 24.7. The summed E-state index contributed by atoms with van der Waals surface area (Å²) in [6.45, 7) is 3.92. The molecule has 1 heterocycles. The molecule has 0 fully saturated rings. The zero-order valence-corrected chi connectivity index (χ0v) is 20.2. The minimum absolute atomic E-state index is 0.0344. The van der Waals surface area contributed by atoms with Gasteiger partial charge in [-0.05, 0) is 55.8 Å². The highest BCUT2D eigenvalue weighted by Crippen LogP contribution is 2.30. The van der Waals surface area contributed by atoms with Gasteiger partial charge < -0.3 is 19.5 Å². The van der Waals surface area contributed by atoms with E-state index >= 15 is 0 Å². The number of methoxy groups -OCH3 is 2. The molecule has 1 aromatic heterocycles. The minimum atomic E-state index is -3.84. The van der Waals surface area contributed by atoms with Gasteiger partial charge in [-0.3, -0.25) is 9.52 Å². The third kappa shape index (κ3) is 6.16. The molecule has 0 spiro atoms. The number of hydrogen-bond acceptors (Lipinski definition) is 7. The zero-order valence-electron chi connectivity index (χ0n) is 19.4. The Bertz CT molecular complexity index is 1230. The number of carbonyl (C=O) groups is 1. The van der Waals surface area contributed by atoms with Crippen molar-refractivity contribution >= 4 is 21.6 Å². The Balaban J connectivity index is 1.65. The van der Waals surface area contributed by atoms with E-state index in [0.29, 0.717) is 34.4 Å². The van der Waals surface area contributed by atoms with Crippen LogP contribution in [0.15, 0.2) is 65.7 Å². The molecule has 34 heavy (non-hydrogen) atoms. The fourth-order valence-corrected chi connectivity index (χ4v) is 3.97. The summed E-state index contributed by atoms with van der Waals surface area (Å²) < 4.78 is 44.0. The Morgan fingerprint density at radius 3 is 2.29 bits per heavy atom. The molecule has 1 amide bonds. The molecule has 0 bridgehead atoms. The van der Waals surface area contributed by atoms with Crippen molar-refractivity contribution in [3.05, 3.63) is 66.4 Å². The van der Waals surface area contributed by atoms with E-state index in [4.69, 9.17) is 14.2 Å². The highest BCUT2D eigenvalue weighted by molar-refractivity contribution is 7.92. The number of ether oxygens (including phenoxy) is 3. The molecule has 9 nitrogen and oxygen atoms in total. The standard InChI is InChI=1S/C24H27N3O6S/c1-5-16(2)26-24(28)17-6-13-23(25-15-17)33-19-9-7-18(8-10-19)27-34(29,30)20-11-12-21(31-3)22(14-20)32-4/h6-16,27H,5H2,1-4H3,(H,26,28). The molecule has 2 aromatic carbocycles. The SMILES string of the molecule is CCC(C)NC(=O)c1ccc(Oc2ccc(NS(=O)(=O)c3ccc(OC)c(OC)c3)cc2)nc1. The van der Waals surface area contributed by atoms with Crippen molar-refractivity contribution in [2.24, 2.45) is 0 Å². The van der Waals surface area contributed by atoms with Crippen molar-refractivity contribution in [3.63, 3.8) is 0 Å². The van der Waals surface area contributed by atoms with Crippen LogP contribution in [0.3, 0.4) is 0 Å². The van der Waals surface area contributed by atoms with E-state index in [1.807, 2.05) is 13.8 Å². The van der Waals surface area contributed by atoms with Crippen molar-refractivity contribution in [3.8, 4) is 23.1 Å². The summed E-state index contributed by atoms with van der Waals surface area (Å²) in [6, 6.07) is 14.0. The summed E-state index contributed by atoms with van der Waals surface area (Å²) in [5.41, 5.74) is 0.791. The summed E-state index contributed by atoms with van der Waals surface area (Å²) in [5, 5.41) is 2.87. The van der Waals surface area contributed by atoms with Gasteiger partial charge in [0, 0.05) is 30.1 Å². The van der Waals surface area contributed by atoms with Crippen LogP contribution in [-0.4, -0.2) is 39.6 Å². The molecule has 1 unspecified atom stereocenters. The number of anilines is 1. The topological polar surface area (TPSA) is 116 Å². The van der Waals surface area contributed by atoms with Gasteiger partial charge in [0.1, 0.15) is 5.75 Å². The summed E-state index contributed by atoms with van der Waals surface area (Å²) >= 11 is 0. The average Bonchev–Trinajstić information content (AvgIpc) is 2.84. The number of nitrogens with zero attached hydrogens (tertiary/aromatic N) is 1. The molecule has 0 saturated carbocycles. The van der Waals surface area contributed by atoms with Crippen molar-refractivity contribution in [1.82, 2.24) is 10.3 Å². The average molecular weight is 486 g/mol. The number of benzene rings is 2. The van der Waals surface area contributed by atoms with Crippen LogP contribution < -0.4 is 24.2 Å². The Morgan fingerprint density at radius 1 is 1.00 bits per heavy atom. The van der Waals surface area contributed by atoms with Crippen LogP contribution in [0.2, 0.25) is 0 Å². The number of pyridine rings is 1.